The van der Waals surface area contributed by atoms with Crippen LogP contribution in [0, 0.1) is 0 Å². The molecule has 4 aromatic rings. The number of ether oxygens (including phenoxy) is 1. The number of halogens is 2. The summed E-state index contributed by atoms with van der Waals surface area (Å²) in [4.78, 5) is 29.5. The van der Waals surface area contributed by atoms with Crippen molar-refractivity contribution in [3.63, 3.8) is 0 Å². The zero-order valence-corrected chi connectivity index (χ0v) is 17.9. The van der Waals surface area contributed by atoms with Gasteiger partial charge in [-0.3, -0.25) is 4.98 Å². The minimum atomic E-state index is -0.519. The van der Waals surface area contributed by atoms with Crippen LogP contribution in [0.3, 0.4) is 0 Å². The smallest absolute Gasteiger partial charge is 0.323 e. The highest BCUT2D eigenvalue weighted by Gasteiger charge is 2.19. The molecule has 0 aliphatic rings. The van der Waals surface area contributed by atoms with Gasteiger partial charge in [0.1, 0.15) is 17.1 Å². The number of nitrogens with one attached hydrogen (secondary N) is 2. The third-order valence-electron chi connectivity index (χ3n) is 4.46. The molecular weight excluding hydrogens is 443 g/mol. The first-order chi connectivity index (χ1) is 15.0. The van der Waals surface area contributed by atoms with Crippen LogP contribution in [0.15, 0.2) is 47.5 Å². The van der Waals surface area contributed by atoms with Crippen LogP contribution in [0.4, 0.5) is 16.2 Å². The van der Waals surface area contributed by atoms with E-state index in [1.807, 2.05) is 6.92 Å². The predicted molar refractivity (Wildman–Crippen MR) is 117 cm³/mol. The highest BCUT2D eigenvalue weighted by molar-refractivity contribution is 6.33. The van der Waals surface area contributed by atoms with Crippen LogP contribution in [0.5, 0.6) is 0 Å². The van der Waals surface area contributed by atoms with E-state index in [1.165, 1.54) is 18.7 Å². The summed E-state index contributed by atoms with van der Waals surface area (Å²) in [7, 11) is 1.56. The van der Waals surface area contributed by atoms with Gasteiger partial charge in [0.05, 0.1) is 52.1 Å². The van der Waals surface area contributed by atoms with Crippen molar-refractivity contribution in [1.29, 1.82) is 0 Å². The second-order valence-electron chi connectivity index (χ2n) is 6.44. The molecule has 2 N–H and O–H groups in total. The Bertz CT molecular complexity index is 1250. The molecule has 0 saturated heterocycles. The van der Waals surface area contributed by atoms with Crippen LogP contribution in [-0.4, -0.2) is 33.1 Å². The van der Waals surface area contributed by atoms with E-state index in [1.54, 1.807) is 31.5 Å². The summed E-state index contributed by atoms with van der Waals surface area (Å²) in [5.74, 6) is 0.285. The Morgan fingerprint density at radius 3 is 2.71 bits per heavy atom. The Morgan fingerprint density at radius 1 is 1.16 bits per heavy atom. The first-order valence-corrected chi connectivity index (χ1v) is 9.83. The first-order valence-electron chi connectivity index (χ1n) is 9.07. The van der Waals surface area contributed by atoms with Crippen LogP contribution in [0.1, 0.15) is 18.6 Å². The lowest BCUT2D eigenvalue weighted by Gasteiger charge is -2.18. The van der Waals surface area contributed by atoms with Gasteiger partial charge < -0.3 is 19.8 Å². The van der Waals surface area contributed by atoms with Crippen LogP contribution in [0.25, 0.3) is 22.6 Å². The number of rotatable bonds is 5. The maximum Gasteiger partial charge on any atom is 0.323 e. The maximum absolute atomic E-state index is 12.6. The molecule has 4 rings (SSSR count). The van der Waals surface area contributed by atoms with Crippen molar-refractivity contribution >= 4 is 51.6 Å². The molecule has 2 amide bonds. The van der Waals surface area contributed by atoms with E-state index in [2.05, 4.69) is 30.6 Å². The van der Waals surface area contributed by atoms with Crippen molar-refractivity contribution < 1.29 is 13.9 Å². The molecule has 1 unspecified atom stereocenters. The number of amides is 2. The van der Waals surface area contributed by atoms with Gasteiger partial charge in [-0.05, 0) is 25.1 Å². The van der Waals surface area contributed by atoms with E-state index >= 15 is 0 Å². The third-order valence-corrected chi connectivity index (χ3v) is 4.96. The number of aromatic nitrogens is 4. The molecule has 4 heterocycles. The van der Waals surface area contributed by atoms with Crippen molar-refractivity contribution in [2.24, 2.45) is 0 Å². The summed E-state index contributed by atoms with van der Waals surface area (Å²) in [5.41, 5.74) is 3.02. The van der Waals surface area contributed by atoms with Crippen molar-refractivity contribution in [2.45, 2.75) is 13.0 Å². The van der Waals surface area contributed by atoms with Gasteiger partial charge in [0, 0.05) is 12.7 Å². The summed E-state index contributed by atoms with van der Waals surface area (Å²) in [5, 5.41) is 6.04. The molecule has 158 valence electrons. The topological polar surface area (TPSA) is 115 Å². The molecule has 0 bridgehead atoms. The Kier molecular flexibility index (Phi) is 5.99. The SMILES string of the molecule is COC(C)c1c(NC(=O)Nc2cnc(-c3ncco3)c(Cl)c2)cnc2ccc(Cl)nc12. The van der Waals surface area contributed by atoms with Gasteiger partial charge in [0.25, 0.3) is 0 Å². The molecule has 0 aliphatic carbocycles. The molecule has 9 nitrogen and oxygen atoms in total. The quantitative estimate of drug-likeness (QED) is 0.387. The fourth-order valence-corrected chi connectivity index (χ4v) is 3.37. The summed E-state index contributed by atoms with van der Waals surface area (Å²) in [6, 6.07) is 4.43. The van der Waals surface area contributed by atoms with E-state index in [0.717, 1.165) is 0 Å². The zero-order chi connectivity index (χ0) is 22.0. The molecule has 31 heavy (non-hydrogen) atoms. The van der Waals surface area contributed by atoms with Gasteiger partial charge >= 0.3 is 6.03 Å². The molecule has 0 aliphatic heterocycles. The Morgan fingerprint density at radius 2 is 2.00 bits per heavy atom. The number of methoxy groups -OCH3 is 1. The lowest BCUT2D eigenvalue weighted by molar-refractivity contribution is 0.121. The zero-order valence-electron chi connectivity index (χ0n) is 16.4. The molecule has 4 aromatic heterocycles. The van der Waals surface area contributed by atoms with E-state index in [4.69, 9.17) is 32.4 Å². The summed E-state index contributed by atoms with van der Waals surface area (Å²) >= 11 is 12.3. The minimum absolute atomic E-state index is 0.278. The maximum atomic E-state index is 12.6. The van der Waals surface area contributed by atoms with Gasteiger partial charge in [0.15, 0.2) is 0 Å². The second-order valence-corrected chi connectivity index (χ2v) is 7.23. The molecule has 1 atom stereocenters. The normalized spacial score (nSPS) is 12.0. The van der Waals surface area contributed by atoms with Crippen LogP contribution >= 0.6 is 23.2 Å². The standard InChI is InChI=1S/C20H16Cl2N6O3/c1-10(30-2)16-14(9-24-13-3-4-15(22)28-18(13)16)27-20(29)26-11-7-12(21)17(25-8-11)19-23-5-6-31-19/h3-10H,1-2H3,(H2,26,27,29). The molecular formula is C20H16Cl2N6O3. The second kappa shape index (κ2) is 8.84. The van der Waals surface area contributed by atoms with E-state index < -0.39 is 6.03 Å². The van der Waals surface area contributed by atoms with Gasteiger partial charge in [-0.1, -0.05) is 23.2 Å². The molecule has 0 radical (unpaired) electrons. The van der Waals surface area contributed by atoms with Gasteiger partial charge in [-0.15, -0.1) is 0 Å². The van der Waals surface area contributed by atoms with Crippen molar-refractivity contribution in [3.05, 3.63) is 58.8 Å². The van der Waals surface area contributed by atoms with Crippen molar-refractivity contribution in [3.8, 4) is 11.6 Å². The average Bonchev–Trinajstić information content (AvgIpc) is 3.27. The average molecular weight is 459 g/mol. The number of anilines is 2. The lowest BCUT2D eigenvalue weighted by Crippen LogP contribution is -2.21. The first kappa shape index (κ1) is 21.0. The summed E-state index contributed by atoms with van der Waals surface area (Å²) in [6.07, 6.45) is 5.53. The lowest BCUT2D eigenvalue weighted by atomic mass is 10.1. The van der Waals surface area contributed by atoms with Crippen LogP contribution in [0.2, 0.25) is 10.2 Å². The van der Waals surface area contributed by atoms with Gasteiger partial charge in [0.2, 0.25) is 5.89 Å². The largest absolute Gasteiger partial charge is 0.443 e. The predicted octanol–water partition coefficient (Wildman–Crippen LogP) is 5.34. The van der Waals surface area contributed by atoms with Crippen molar-refractivity contribution in [1.82, 2.24) is 19.9 Å². The van der Waals surface area contributed by atoms with Crippen LogP contribution < -0.4 is 10.6 Å². The number of pyridine rings is 3. The van der Waals surface area contributed by atoms with E-state index in [0.29, 0.717) is 38.8 Å². The Hall–Kier alpha value is -3.27. The molecule has 11 heteroatoms. The Labute approximate surface area is 186 Å². The highest BCUT2D eigenvalue weighted by Crippen LogP contribution is 2.32. The summed E-state index contributed by atoms with van der Waals surface area (Å²) in [6.45, 7) is 1.84. The number of carbonyl (C=O) groups excluding carboxylic acids is 1. The monoisotopic (exact) mass is 458 g/mol. The summed E-state index contributed by atoms with van der Waals surface area (Å²) < 4.78 is 10.7. The number of urea groups is 1. The number of carbonyl (C=O) groups is 1. The molecule has 0 fully saturated rings. The fourth-order valence-electron chi connectivity index (χ4n) is 2.98. The molecule has 0 saturated carbocycles. The molecule has 0 aromatic carbocycles. The highest BCUT2D eigenvalue weighted by atomic mass is 35.5. The van der Waals surface area contributed by atoms with E-state index in [9.17, 15) is 4.79 Å². The van der Waals surface area contributed by atoms with E-state index in [-0.39, 0.29) is 17.0 Å². The van der Waals surface area contributed by atoms with Crippen molar-refractivity contribution in [2.75, 3.05) is 17.7 Å². The number of hydrogen-bond acceptors (Lipinski definition) is 7. The number of oxazole rings is 1. The number of hydrogen-bond donors (Lipinski definition) is 2. The third kappa shape index (κ3) is 4.43. The van der Waals surface area contributed by atoms with Crippen LogP contribution in [-0.2, 0) is 4.74 Å². The minimum Gasteiger partial charge on any atom is -0.443 e. The number of fused-ring (bicyclic) bond motifs is 1. The Balaban J connectivity index is 1.59. The molecule has 0 spiro atoms. The number of nitrogens with zero attached hydrogens (tertiary/aromatic N) is 4. The fraction of sp³-hybridized carbons (Fsp3) is 0.150. The van der Waals surface area contributed by atoms with Gasteiger partial charge in [-0.2, -0.15) is 0 Å². The van der Waals surface area contributed by atoms with Gasteiger partial charge in [-0.25, -0.2) is 19.7 Å².